The van der Waals surface area contributed by atoms with Crippen LogP contribution in [0.25, 0.3) is 0 Å². The third-order valence-corrected chi connectivity index (χ3v) is 2.86. The maximum atomic E-state index is 9.89. The largest absolute Gasteiger partial charge is 0.386 e. The van der Waals surface area contributed by atoms with Crippen molar-refractivity contribution in [2.45, 2.75) is 26.4 Å². The van der Waals surface area contributed by atoms with Crippen molar-refractivity contribution >= 4 is 0 Å². The molecule has 1 fully saturated rings. The van der Waals surface area contributed by atoms with E-state index in [1.54, 1.807) is 18.6 Å². The predicted molar refractivity (Wildman–Crippen MR) is 48.9 cm³/mol. The van der Waals surface area contributed by atoms with Gasteiger partial charge in [-0.25, -0.2) is 0 Å². The lowest BCUT2D eigenvalue weighted by Crippen LogP contribution is -2.06. The highest BCUT2D eigenvalue weighted by atomic mass is 16.3. The first-order valence-corrected chi connectivity index (χ1v) is 4.55. The standard InChI is InChI=1S/C10H14N2O/c1-10(2)5-7(10)9(13)8-6-11-3-4-12-8/h3-4,6-7,9,13H,5H2,1-2H3. The minimum atomic E-state index is -0.441. The molecule has 0 radical (unpaired) electrons. The normalized spacial score (nSPS) is 26.8. The van der Waals surface area contributed by atoms with Gasteiger partial charge in [0.1, 0.15) is 6.10 Å². The van der Waals surface area contributed by atoms with Gasteiger partial charge in [0.2, 0.25) is 0 Å². The summed E-state index contributed by atoms with van der Waals surface area (Å²) in [5, 5.41) is 9.89. The molecule has 0 spiro atoms. The monoisotopic (exact) mass is 178 g/mol. The molecule has 2 unspecified atom stereocenters. The number of hydrogen-bond donors (Lipinski definition) is 1. The van der Waals surface area contributed by atoms with Crippen LogP contribution >= 0.6 is 0 Å². The van der Waals surface area contributed by atoms with Gasteiger partial charge >= 0.3 is 0 Å². The van der Waals surface area contributed by atoms with Crippen LogP contribution in [-0.2, 0) is 0 Å². The number of aromatic nitrogens is 2. The van der Waals surface area contributed by atoms with Gasteiger partial charge in [0, 0.05) is 12.4 Å². The molecule has 3 heteroatoms. The zero-order valence-electron chi connectivity index (χ0n) is 7.94. The third-order valence-electron chi connectivity index (χ3n) is 2.86. The molecule has 1 aromatic rings. The summed E-state index contributed by atoms with van der Waals surface area (Å²) in [6, 6.07) is 0. The molecular formula is C10H14N2O. The van der Waals surface area contributed by atoms with E-state index in [2.05, 4.69) is 23.8 Å². The molecule has 0 saturated heterocycles. The van der Waals surface area contributed by atoms with Crippen molar-refractivity contribution in [2.75, 3.05) is 0 Å². The summed E-state index contributed by atoms with van der Waals surface area (Å²) in [5.41, 5.74) is 0.967. The van der Waals surface area contributed by atoms with Crippen molar-refractivity contribution in [1.29, 1.82) is 0 Å². The van der Waals surface area contributed by atoms with E-state index in [4.69, 9.17) is 0 Å². The van der Waals surface area contributed by atoms with Gasteiger partial charge in [-0.1, -0.05) is 13.8 Å². The molecule has 1 aliphatic rings. The maximum absolute atomic E-state index is 9.89. The highest BCUT2D eigenvalue weighted by Gasteiger charge is 2.50. The zero-order valence-corrected chi connectivity index (χ0v) is 7.94. The summed E-state index contributed by atoms with van der Waals surface area (Å²) in [7, 11) is 0. The molecule has 2 rings (SSSR count). The lowest BCUT2D eigenvalue weighted by Gasteiger charge is -2.10. The molecule has 1 aromatic heterocycles. The Morgan fingerprint density at radius 1 is 1.54 bits per heavy atom. The van der Waals surface area contributed by atoms with Crippen molar-refractivity contribution in [3.05, 3.63) is 24.3 Å². The fourth-order valence-electron chi connectivity index (χ4n) is 1.72. The Kier molecular flexibility index (Phi) is 1.84. The van der Waals surface area contributed by atoms with E-state index in [1.807, 2.05) is 0 Å². The molecular weight excluding hydrogens is 164 g/mol. The highest BCUT2D eigenvalue weighted by molar-refractivity contribution is 5.09. The third kappa shape index (κ3) is 1.56. The molecule has 0 aliphatic heterocycles. The van der Waals surface area contributed by atoms with Gasteiger partial charge in [-0.05, 0) is 17.8 Å². The average Bonchev–Trinajstić information content (AvgIpc) is 2.76. The van der Waals surface area contributed by atoms with Crippen molar-refractivity contribution in [1.82, 2.24) is 9.97 Å². The summed E-state index contributed by atoms with van der Waals surface area (Å²) in [5.74, 6) is 0.351. The Hall–Kier alpha value is -0.960. The Balaban J connectivity index is 2.12. The van der Waals surface area contributed by atoms with Gasteiger partial charge in [-0.3, -0.25) is 9.97 Å². The van der Waals surface area contributed by atoms with Crippen LogP contribution < -0.4 is 0 Å². The molecule has 0 amide bonds. The predicted octanol–water partition coefficient (Wildman–Crippen LogP) is 1.56. The first-order valence-electron chi connectivity index (χ1n) is 4.55. The maximum Gasteiger partial charge on any atom is 0.101 e. The minimum Gasteiger partial charge on any atom is -0.386 e. The van der Waals surface area contributed by atoms with Gasteiger partial charge in [0.25, 0.3) is 0 Å². The van der Waals surface area contributed by atoms with Crippen LogP contribution in [0.1, 0.15) is 32.1 Å². The summed E-state index contributed by atoms with van der Waals surface area (Å²) in [4.78, 5) is 8.03. The van der Waals surface area contributed by atoms with Crippen LogP contribution in [0.3, 0.4) is 0 Å². The Morgan fingerprint density at radius 3 is 2.69 bits per heavy atom. The topological polar surface area (TPSA) is 46.0 Å². The van der Waals surface area contributed by atoms with Crippen LogP contribution in [-0.4, -0.2) is 15.1 Å². The number of nitrogens with zero attached hydrogens (tertiary/aromatic N) is 2. The van der Waals surface area contributed by atoms with Crippen LogP contribution in [0.15, 0.2) is 18.6 Å². The first kappa shape index (κ1) is 8.63. The second-order valence-electron chi connectivity index (χ2n) is 4.37. The average molecular weight is 178 g/mol. The van der Waals surface area contributed by atoms with E-state index in [0.717, 1.165) is 6.42 Å². The van der Waals surface area contributed by atoms with Gasteiger partial charge in [0.15, 0.2) is 0 Å². The van der Waals surface area contributed by atoms with E-state index < -0.39 is 6.10 Å². The first-order chi connectivity index (χ1) is 6.11. The van der Waals surface area contributed by atoms with Crippen LogP contribution in [0.5, 0.6) is 0 Å². The van der Waals surface area contributed by atoms with Crippen LogP contribution in [0.4, 0.5) is 0 Å². The minimum absolute atomic E-state index is 0.275. The van der Waals surface area contributed by atoms with Gasteiger partial charge in [-0.15, -0.1) is 0 Å². The summed E-state index contributed by atoms with van der Waals surface area (Å²) in [6.07, 6.45) is 5.51. The quantitative estimate of drug-likeness (QED) is 0.747. The lowest BCUT2D eigenvalue weighted by molar-refractivity contribution is 0.133. The second kappa shape index (κ2) is 2.77. The van der Waals surface area contributed by atoms with E-state index in [9.17, 15) is 5.11 Å². The fraction of sp³-hybridized carbons (Fsp3) is 0.600. The number of aliphatic hydroxyl groups is 1. The van der Waals surface area contributed by atoms with E-state index in [-0.39, 0.29) is 5.41 Å². The fourth-order valence-corrected chi connectivity index (χ4v) is 1.72. The van der Waals surface area contributed by atoms with Crippen molar-refractivity contribution in [3.8, 4) is 0 Å². The Morgan fingerprint density at radius 2 is 2.23 bits per heavy atom. The molecule has 1 N–H and O–H groups in total. The van der Waals surface area contributed by atoms with E-state index >= 15 is 0 Å². The zero-order chi connectivity index (χ0) is 9.47. The van der Waals surface area contributed by atoms with Crippen molar-refractivity contribution in [2.24, 2.45) is 11.3 Å². The molecule has 2 atom stereocenters. The molecule has 1 aliphatic carbocycles. The van der Waals surface area contributed by atoms with Gasteiger partial charge < -0.3 is 5.11 Å². The number of hydrogen-bond acceptors (Lipinski definition) is 3. The highest BCUT2D eigenvalue weighted by Crippen LogP contribution is 2.57. The van der Waals surface area contributed by atoms with E-state index in [0.29, 0.717) is 11.6 Å². The van der Waals surface area contributed by atoms with Crippen LogP contribution in [0.2, 0.25) is 0 Å². The lowest BCUT2D eigenvalue weighted by atomic mass is 10.0. The summed E-state index contributed by atoms with van der Waals surface area (Å²) in [6.45, 7) is 4.33. The van der Waals surface area contributed by atoms with Crippen molar-refractivity contribution in [3.63, 3.8) is 0 Å². The molecule has 0 bridgehead atoms. The molecule has 1 heterocycles. The molecule has 0 aromatic carbocycles. The number of aliphatic hydroxyl groups excluding tert-OH is 1. The van der Waals surface area contributed by atoms with Gasteiger partial charge in [0.05, 0.1) is 11.9 Å². The molecule has 13 heavy (non-hydrogen) atoms. The molecule has 3 nitrogen and oxygen atoms in total. The van der Waals surface area contributed by atoms with Crippen LogP contribution in [0, 0.1) is 11.3 Å². The summed E-state index contributed by atoms with van der Waals surface area (Å²) >= 11 is 0. The summed E-state index contributed by atoms with van der Waals surface area (Å²) < 4.78 is 0. The second-order valence-corrected chi connectivity index (χ2v) is 4.37. The Bertz CT molecular complexity index is 297. The number of rotatable bonds is 2. The van der Waals surface area contributed by atoms with Crippen molar-refractivity contribution < 1.29 is 5.11 Å². The van der Waals surface area contributed by atoms with E-state index in [1.165, 1.54) is 0 Å². The molecule has 1 saturated carbocycles. The SMILES string of the molecule is CC1(C)CC1C(O)c1cnccn1. The smallest absolute Gasteiger partial charge is 0.101 e. The molecule has 70 valence electrons. The Labute approximate surface area is 77.8 Å². The van der Waals surface area contributed by atoms with Gasteiger partial charge in [-0.2, -0.15) is 0 Å².